The maximum absolute atomic E-state index is 8.68. The maximum atomic E-state index is 8.68. The highest BCUT2D eigenvalue weighted by molar-refractivity contribution is 5.45. The lowest BCUT2D eigenvalue weighted by Gasteiger charge is -2.34. The number of likely N-dealkylation sites (tertiary alicyclic amines) is 1. The molecule has 1 aliphatic heterocycles. The summed E-state index contributed by atoms with van der Waals surface area (Å²) in [5.41, 5.74) is 2.25. The zero-order valence-electron chi connectivity index (χ0n) is 12.6. The van der Waals surface area contributed by atoms with E-state index in [0.717, 1.165) is 17.2 Å². The molecule has 0 aliphatic carbocycles. The van der Waals surface area contributed by atoms with E-state index >= 15 is 0 Å². The van der Waals surface area contributed by atoms with Crippen LogP contribution in [0.15, 0.2) is 24.3 Å². The molecule has 3 nitrogen and oxygen atoms in total. The Morgan fingerprint density at radius 2 is 1.95 bits per heavy atom. The van der Waals surface area contributed by atoms with Crippen molar-refractivity contribution in [3.05, 3.63) is 29.8 Å². The SMILES string of the molecule is CCN1CCC(C(C)Nc2ccc(CC#N)cc2)CC1. The molecule has 0 saturated carbocycles. The Labute approximate surface area is 122 Å². The monoisotopic (exact) mass is 271 g/mol. The molecule has 108 valence electrons. The van der Waals surface area contributed by atoms with Gasteiger partial charge in [-0.25, -0.2) is 0 Å². The van der Waals surface area contributed by atoms with Crippen LogP contribution in [0, 0.1) is 17.2 Å². The molecule has 1 aromatic carbocycles. The second kappa shape index (κ2) is 7.31. The first-order valence-corrected chi connectivity index (χ1v) is 7.67. The summed E-state index contributed by atoms with van der Waals surface area (Å²) in [5, 5.41) is 12.3. The Kier molecular flexibility index (Phi) is 5.43. The number of rotatable bonds is 5. The van der Waals surface area contributed by atoms with Crippen LogP contribution in [-0.4, -0.2) is 30.6 Å². The second-order valence-corrected chi connectivity index (χ2v) is 5.74. The predicted octanol–water partition coefficient (Wildman–Crippen LogP) is 3.28. The van der Waals surface area contributed by atoms with Crippen LogP contribution in [0.4, 0.5) is 5.69 Å². The minimum atomic E-state index is 0.491. The molecule has 3 heteroatoms. The van der Waals surface area contributed by atoms with Crippen molar-refractivity contribution in [3.63, 3.8) is 0 Å². The van der Waals surface area contributed by atoms with E-state index < -0.39 is 0 Å². The summed E-state index contributed by atoms with van der Waals surface area (Å²) < 4.78 is 0. The molecule has 2 rings (SSSR count). The lowest BCUT2D eigenvalue weighted by molar-refractivity contribution is 0.183. The van der Waals surface area contributed by atoms with E-state index in [9.17, 15) is 0 Å². The Balaban J connectivity index is 1.85. The quantitative estimate of drug-likeness (QED) is 0.893. The number of benzene rings is 1. The molecule has 1 N–H and O–H groups in total. The standard InChI is InChI=1S/C17H25N3/c1-3-20-12-9-16(10-13-20)14(2)19-17-6-4-15(5-7-17)8-11-18/h4-7,14,16,19H,3,8-10,12-13H2,1-2H3. The van der Waals surface area contributed by atoms with Crippen molar-refractivity contribution in [2.24, 2.45) is 5.92 Å². The summed E-state index contributed by atoms with van der Waals surface area (Å²) in [4.78, 5) is 2.53. The van der Waals surface area contributed by atoms with Gasteiger partial charge in [-0.05, 0) is 63.0 Å². The van der Waals surface area contributed by atoms with Crippen LogP contribution >= 0.6 is 0 Å². The smallest absolute Gasteiger partial charge is 0.0669 e. The first-order valence-electron chi connectivity index (χ1n) is 7.67. The fraction of sp³-hybridized carbons (Fsp3) is 0.588. The van der Waals surface area contributed by atoms with Gasteiger partial charge in [-0.15, -0.1) is 0 Å². The molecule has 20 heavy (non-hydrogen) atoms. The van der Waals surface area contributed by atoms with Crippen molar-refractivity contribution in [3.8, 4) is 6.07 Å². The van der Waals surface area contributed by atoms with E-state index in [1.807, 2.05) is 12.1 Å². The second-order valence-electron chi connectivity index (χ2n) is 5.74. The van der Waals surface area contributed by atoms with Crippen LogP contribution in [0.1, 0.15) is 32.3 Å². The summed E-state index contributed by atoms with van der Waals surface area (Å²) in [7, 11) is 0. The van der Waals surface area contributed by atoms with Gasteiger partial charge in [0.15, 0.2) is 0 Å². The van der Waals surface area contributed by atoms with Crippen molar-refractivity contribution in [2.75, 3.05) is 25.0 Å². The van der Waals surface area contributed by atoms with Crippen LogP contribution in [0.2, 0.25) is 0 Å². The van der Waals surface area contributed by atoms with Crippen LogP contribution in [0.5, 0.6) is 0 Å². The van der Waals surface area contributed by atoms with Crippen molar-refractivity contribution in [1.29, 1.82) is 5.26 Å². The third kappa shape index (κ3) is 3.98. The number of nitrogens with one attached hydrogen (secondary N) is 1. The Morgan fingerprint density at radius 3 is 2.50 bits per heavy atom. The van der Waals surface area contributed by atoms with Gasteiger partial charge in [-0.3, -0.25) is 0 Å². The molecule has 0 aromatic heterocycles. The van der Waals surface area contributed by atoms with E-state index in [2.05, 4.69) is 42.3 Å². The first-order chi connectivity index (χ1) is 9.72. The Hall–Kier alpha value is -1.53. The zero-order valence-corrected chi connectivity index (χ0v) is 12.6. The van der Waals surface area contributed by atoms with Gasteiger partial charge in [-0.1, -0.05) is 19.1 Å². The molecule has 1 heterocycles. The lowest BCUT2D eigenvalue weighted by Crippen LogP contribution is -2.39. The molecular weight excluding hydrogens is 246 g/mol. The van der Waals surface area contributed by atoms with Gasteiger partial charge in [0, 0.05) is 11.7 Å². The molecular formula is C17H25N3. The van der Waals surface area contributed by atoms with E-state index in [0.29, 0.717) is 12.5 Å². The average molecular weight is 271 g/mol. The highest BCUT2D eigenvalue weighted by Gasteiger charge is 2.22. The van der Waals surface area contributed by atoms with Crippen molar-refractivity contribution >= 4 is 5.69 Å². The Bertz CT molecular complexity index is 438. The van der Waals surface area contributed by atoms with Crippen molar-refractivity contribution in [2.45, 2.75) is 39.2 Å². The molecule has 1 fully saturated rings. The van der Waals surface area contributed by atoms with E-state index in [-0.39, 0.29) is 0 Å². The number of piperidine rings is 1. The molecule has 1 atom stereocenters. The maximum Gasteiger partial charge on any atom is 0.0669 e. The van der Waals surface area contributed by atoms with Crippen molar-refractivity contribution < 1.29 is 0 Å². The first kappa shape index (κ1) is 14.9. The molecule has 0 bridgehead atoms. The van der Waals surface area contributed by atoms with Gasteiger partial charge in [-0.2, -0.15) is 5.26 Å². The summed E-state index contributed by atoms with van der Waals surface area (Å²) in [6.07, 6.45) is 3.06. The van der Waals surface area contributed by atoms with Gasteiger partial charge in [0.25, 0.3) is 0 Å². The van der Waals surface area contributed by atoms with Gasteiger partial charge in [0.05, 0.1) is 12.5 Å². The number of nitrogens with zero attached hydrogens (tertiary/aromatic N) is 2. The largest absolute Gasteiger partial charge is 0.382 e. The van der Waals surface area contributed by atoms with Crippen LogP contribution in [-0.2, 0) is 6.42 Å². The number of hydrogen-bond donors (Lipinski definition) is 1. The number of anilines is 1. The fourth-order valence-corrected chi connectivity index (χ4v) is 2.96. The van der Waals surface area contributed by atoms with E-state index in [4.69, 9.17) is 5.26 Å². The summed E-state index contributed by atoms with van der Waals surface area (Å²) in [5.74, 6) is 0.761. The third-order valence-electron chi connectivity index (χ3n) is 4.42. The molecule has 1 aliphatic rings. The molecule has 1 unspecified atom stereocenters. The predicted molar refractivity (Wildman–Crippen MR) is 83.7 cm³/mol. The average Bonchev–Trinajstić information content (AvgIpc) is 2.49. The van der Waals surface area contributed by atoms with E-state index in [1.165, 1.54) is 32.5 Å². The van der Waals surface area contributed by atoms with Crippen LogP contribution < -0.4 is 5.32 Å². The minimum Gasteiger partial charge on any atom is -0.382 e. The number of hydrogen-bond acceptors (Lipinski definition) is 3. The van der Waals surface area contributed by atoms with Gasteiger partial charge in [0.2, 0.25) is 0 Å². The fourth-order valence-electron chi connectivity index (χ4n) is 2.96. The van der Waals surface area contributed by atoms with E-state index in [1.54, 1.807) is 0 Å². The topological polar surface area (TPSA) is 39.1 Å². The van der Waals surface area contributed by atoms with Crippen LogP contribution in [0.25, 0.3) is 0 Å². The Morgan fingerprint density at radius 1 is 1.30 bits per heavy atom. The van der Waals surface area contributed by atoms with Gasteiger partial charge >= 0.3 is 0 Å². The minimum absolute atomic E-state index is 0.491. The summed E-state index contributed by atoms with van der Waals surface area (Å²) in [6.45, 7) is 8.16. The van der Waals surface area contributed by atoms with Gasteiger partial charge < -0.3 is 10.2 Å². The van der Waals surface area contributed by atoms with Crippen LogP contribution in [0.3, 0.4) is 0 Å². The normalized spacial score (nSPS) is 18.4. The number of nitriles is 1. The summed E-state index contributed by atoms with van der Waals surface area (Å²) >= 11 is 0. The summed E-state index contributed by atoms with van der Waals surface area (Å²) in [6, 6.07) is 10.9. The molecule has 0 spiro atoms. The lowest BCUT2D eigenvalue weighted by atomic mass is 9.90. The molecule has 1 aromatic rings. The van der Waals surface area contributed by atoms with Crippen molar-refractivity contribution in [1.82, 2.24) is 4.90 Å². The zero-order chi connectivity index (χ0) is 14.4. The third-order valence-corrected chi connectivity index (χ3v) is 4.42. The molecule has 0 amide bonds. The highest BCUT2D eigenvalue weighted by Crippen LogP contribution is 2.23. The molecule has 1 saturated heterocycles. The van der Waals surface area contributed by atoms with Gasteiger partial charge in [0.1, 0.15) is 0 Å². The highest BCUT2D eigenvalue weighted by atomic mass is 15.1. The molecule has 0 radical (unpaired) electrons.